The quantitative estimate of drug-likeness (QED) is 0.325. The Kier molecular flexibility index (Phi) is 11.8. The van der Waals surface area contributed by atoms with Crippen molar-refractivity contribution < 1.29 is 4.74 Å². The van der Waals surface area contributed by atoms with Crippen molar-refractivity contribution in [1.29, 1.82) is 0 Å². The Morgan fingerprint density at radius 1 is 1.25 bits per heavy atom. The van der Waals surface area contributed by atoms with Crippen molar-refractivity contribution in [1.82, 2.24) is 15.5 Å². The number of guanidine groups is 1. The van der Waals surface area contributed by atoms with Gasteiger partial charge in [-0.1, -0.05) is 32.0 Å². The van der Waals surface area contributed by atoms with Crippen LogP contribution in [0, 0.1) is 5.92 Å². The highest BCUT2D eigenvalue weighted by Crippen LogP contribution is 2.13. The van der Waals surface area contributed by atoms with E-state index in [1.165, 1.54) is 5.69 Å². The lowest BCUT2D eigenvalue weighted by Gasteiger charge is -2.34. The summed E-state index contributed by atoms with van der Waals surface area (Å²) in [4.78, 5) is 9.12. The number of ether oxygens (including phenoxy) is 1. The van der Waals surface area contributed by atoms with Crippen LogP contribution in [0.5, 0.6) is 0 Å². The van der Waals surface area contributed by atoms with Gasteiger partial charge in [-0.15, -0.1) is 24.0 Å². The average Bonchev–Trinajstić information content (AvgIpc) is 2.67. The SMILES string of the molecule is CN=C(NCC1CN(CC(C)C)CCO1)NCC(C)N(C)c1ccccc1.I. The minimum atomic E-state index is 0. The predicted octanol–water partition coefficient (Wildman–Crippen LogP) is 2.65. The maximum atomic E-state index is 5.91. The molecule has 1 aliphatic heterocycles. The van der Waals surface area contributed by atoms with Crippen molar-refractivity contribution in [3.63, 3.8) is 0 Å². The van der Waals surface area contributed by atoms with Gasteiger partial charge in [-0.25, -0.2) is 0 Å². The van der Waals surface area contributed by atoms with Crippen LogP contribution >= 0.6 is 24.0 Å². The van der Waals surface area contributed by atoms with Gasteiger partial charge in [0, 0.05) is 58.5 Å². The summed E-state index contributed by atoms with van der Waals surface area (Å²) in [5, 5.41) is 6.85. The maximum Gasteiger partial charge on any atom is 0.191 e. The van der Waals surface area contributed by atoms with Gasteiger partial charge < -0.3 is 20.3 Å². The van der Waals surface area contributed by atoms with Crippen LogP contribution in [-0.2, 0) is 4.74 Å². The Morgan fingerprint density at radius 3 is 2.61 bits per heavy atom. The molecule has 2 rings (SSSR count). The van der Waals surface area contributed by atoms with Crippen LogP contribution < -0.4 is 15.5 Å². The molecule has 2 unspecified atom stereocenters. The molecule has 28 heavy (non-hydrogen) atoms. The van der Waals surface area contributed by atoms with Gasteiger partial charge in [-0.05, 0) is 25.0 Å². The summed E-state index contributed by atoms with van der Waals surface area (Å²) in [6.07, 6.45) is 0.209. The zero-order valence-electron chi connectivity index (χ0n) is 18.0. The van der Waals surface area contributed by atoms with Crippen LogP contribution in [0.4, 0.5) is 5.69 Å². The molecule has 2 atom stereocenters. The number of benzene rings is 1. The Balaban J connectivity index is 0.00000392. The minimum absolute atomic E-state index is 0. The van der Waals surface area contributed by atoms with Gasteiger partial charge in [0.15, 0.2) is 5.96 Å². The van der Waals surface area contributed by atoms with Gasteiger partial charge in [0.1, 0.15) is 0 Å². The van der Waals surface area contributed by atoms with Gasteiger partial charge in [-0.2, -0.15) is 0 Å². The number of nitrogens with zero attached hydrogens (tertiary/aromatic N) is 3. The summed E-state index contributed by atoms with van der Waals surface area (Å²) in [5.74, 6) is 1.52. The van der Waals surface area contributed by atoms with E-state index in [2.05, 4.69) is 77.5 Å². The molecule has 0 aliphatic carbocycles. The first-order valence-electron chi connectivity index (χ1n) is 10.1. The molecule has 0 spiro atoms. The molecule has 1 saturated heterocycles. The number of aliphatic imine (C=N–C) groups is 1. The summed E-state index contributed by atoms with van der Waals surface area (Å²) < 4.78 is 5.91. The molecule has 160 valence electrons. The second kappa shape index (κ2) is 13.2. The Labute approximate surface area is 188 Å². The van der Waals surface area contributed by atoms with Gasteiger partial charge >= 0.3 is 0 Å². The van der Waals surface area contributed by atoms with Gasteiger partial charge in [0.05, 0.1) is 12.7 Å². The molecule has 1 aliphatic rings. The van der Waals surface area contributed by atoms with Crippen molar-refractivity contribution in [3.05, 3.63) is 30.3 Å². The van der Waals surface area contributed by atoms with E-state index in [1.807, 2.05) is 13.1 Å². The highest BCUT2D eigenvalue weighted by atomic mass is 127. The lowest BCUT2D eigenvalue weighted by molar-refractivity contribution is -0.0284. The third kappa shape index (κ3) is 8.53. The lowest BCUT2D eigenvalue weighted by Crippen LogP contribution is -2.51. The molecular weight excluding hydrogens is 465 g/mol. The number of likely N-dealkylation sites (N-methyl/N-ethyl adjacent to an activating group) is 1. The van der Waals surface area contributed by atoms with Gasteiger partial charge in [0.2, 0.25) is 0 Å². The topological polar surface area (TPSA) is 52.1 Å². The zero-order valence-corrected chi connectivity index (χ0v) is 20.3. The fourth-order valence-electron chi connectivity index (χ4n) is 3.32. The third-order valence-electron chi connectivity index (χ3n) is 4.96. The summed E-state index contributed by atoms with van der Waals surface area (Å²) in [5.41, 5.74) is 1.22. The van der Waals surface area contributed by atoms with Crippen LogP contribution in [-0.4, -0.2) is 76.4 Å². The number of anilines is 1. The van der Waals surface area contributed by atoms with E-state index >= 15 is 0 Å². The van der Waals surface area contributed by atoms with Gasteiger partial charge in [-0.3, -0.25) is 9.89 Å². The zero-order chi connectivity index (χ0) is 19.6. The summed E-state index contributed by atoms with van der Waals surface area (Å²) >= 11 is 0. The number of hydrogen-bond acceptors (Lipinski definition) is 4. The molecule has 1 aromatic rings. The molecule has 1 aromatic carbocycles. The molecule has 7 heteroatoms. The molecule has 0 amide bonds. The molecule has 1 heterocycles. The second-order valence-corrected chi connectivity index (χ2v) is 7.78. The lowest BCUT2D eigenvalue weighted by atomic mass is 10.2. The van der Waals surface area contributed by atoms with Crippen LogP contribution in [0.25, 0.3) is 0 Å². The standard InChI is InChI=1S/C21H37N5O.HI/c1-17(2)15-26-11-12-27-20(16-26)14-24-21(22-4)23-13-18(3)25(5)19-9-7-6-8-10-19;/h6-10,17-18,20H,11-16H2,1-5H3,(H2,22,23,24);1H. The van der Waals surface area contributed by atoms with Crippen LogP contribution in [0.15, 0.2) is 35.3 Å². The Bertz CT molecular complexity index is 569. The summed E-state index contributed by atoms with van der Waals surface area (Å²) in [7, 11) is 3.94. The summed E-state index contributed by atoms with van der Waals surface area (Å²) in [6, 6.07) is 10.8. The molecule has 6 nitrogen and oxygen atoms in total. The first-order chi connectivity index (χ1) is 13.0. The first-order valence-corrected chi connectivity index (χ1v) is 10.1. The Morgan fingerprint density at radius 2 is 1.96 bits per heavy atom. The average molecular weight is 503 g/mol. The highest BCUT2D eigenvalue weighted by Gasteiger charge is 2.21. The second-order valence-electron chi connectivity index (χ2n) is 7.78. The normalized spacial score (nSPS) is 19.1. The molecule has 2 N–H and O–H groups in total. The number of halogens is 1. The van der Waals surface area contributed by atoms with Gasteiger partial charge in [0.25, 0.3) is 0 Å². The Hall–Kier alpha value is -1.06. The number of hydrogen-bond donors (Lipinski definition) is 2. The number of para-hydroxylation sites is 1. The smallest absolute Gasteiger partial charge is 0.191 e. The fourth-order valence-corrected chi connectivity index (χ4v) is 3.32. The first kappa shape index (κ1) is 25.0. The monoisotopic (exact) mass is 503 g/mol. The van der Waals surface area contributed by atoms with Crippen LogP contribution in [0.3, 0.4) is 0 Å². The van der Waals surface area contributed by atoms with E-state index < -0.39 is 0 Å². The molecule has 0 aromatic heterocycles. The van der Waals surface area contributed by atoms with E-state index in [0.29, 0.717) is 12.0 Å². The van der Waals surface area contributed by atoms with Crippen LogP contribution in [0.1, 0.15) is 20.8 Å². The maximum absolute atomic E-state index is 5.91. The van der Waals surface area contributed by atoms with Crippen molar-refractivity contribution in [2.75, 3.05) is 58.3 Å². The van der Waals surface area contributed by atoms with Crippen molar-refractivity contribution in [2.24, 2.45) is 10.9 Å². The van der Waals surface area contributed by atoms with E-state index in [1.54, 1.807) is 0 Å². The van der Waals surface area contributed by atoms with E-state index in [0.717, 1.165) is 45.3 Å². The fraction of sp³-hybridized carbons (Fsp3) is 0.667. The molecular formula is C21H38IN5O. The molecule has 1 fully saturated rings. The van der Waals surface area contributed by atoms with E-state index in [4.69, 9.17) is 4.74 Å². The predicted molar refractivity (Wildman–Crippen MR) is 130 cm³/mol. The van der Waals surface area contributed by atoms with Crippen molar-refractivity contribution in [3.8, 4) is 0 Å². The molecule has 0 saturated carbocycles. The minimum Gasteiger partial charge on any atom is -0.374 e. The van der Waals surface area contributed by atoms with E-state index in [9.17, 15) is 0 Å². The number of nitrogens with one attached hydrogen (secondary N) is 2. The van der Waals surface area contributed by atoms with E-state index in [-0.39, 0.29) is 30.1 Å². The molecule has 0 bridgehead atoms. The van der Waals surface area contributed by atoms with Crippen LogP contribution in [0.2, 0.25) is 0 Å². The number of morpholine rings is 1. The largest absolute Gasteiger partial charge is 0.374 e. The number of rotatable bonds is 8. The molecule has 0 radical (unpaired) electrons. The highest BCUT2D eigenvalue weighted by molar-refractivity contribution is 14.0. The van der Waals surface area contributed by atoms with Crippen molar-refractivity contribution in [2.45, 2.75) is 32.9 Å². The summed E-state index contributed by atoms with van der Waals surface area (Å²) in [6.45, 7) is 12.3. The third-order valence-corrected chi connectivity index (χ3v) is 4.96. The van der Waals surface area contributed by atoms with Crippen molar-refractivity contribution >= 4 is 35.6 Å².